The molecule has 2 rings (SSSR count). The Balaban J connectivity index is 2.29. The Morgan fingerprint density at radius 1 is 1.67 bits per heavy atom. The minimum absolute atomic E-state index is 0.0477. The van der Waals surface area contributed by atoms with Gasteiger partial charge in [-0.3, -0.25) is 0 Å². The molecule has 5 heteroatoms. The van der Waals surface area contributed by atoms with E-state index in [4.69, 9.17) is 10.00 Å². The van der Waals surface area contributed by atoms with Crippen molar-refractivity contribution in [3.63, 3.8) is 0 Å². The standard InChI is InChI=1S/C13H14N2O3/c1-15-10(5-6-14)8-18-12-7-9(13(16)17-2)3-4-11(12)15/h3-4,7,10H,5,8H2,1-2H3. The Kier molecular flexibility index (Phi) is 3.38. The zero-order valence-electron chi connectivity index (χ0n) is 10.3. The third-order valence-electron chi connectivity index (χ3n) is 3.07. The molecule has 1 aliphatic heterocycles. The molecule has 1 aromatic carbocycles. The lowest BCUT2D eigenvalue weighted by atomic mass is 10.1. The van der Waals surface area contributed by atoms with Gasteiger partial charge in [0.05, 0.1) is 36.9 Å². The molecule has 18 heavy (non-hydrogen) atoms. The minimum atomic E-state index is -0.386. The van der Waals surface area contributed by atoms with Gasteiger partial charge in [0, 0.05) is 7.05 Å². The van der Waals surface area contributed by atoms with E-state index in [0.29, 0.717) is 24.3 Å². The number of esters is 1. The Morgan fingerprint density at radius 2 is 2.44 bits per heavy atom. The highest BCUT2D eigenvalue weighted by Gasteiger charge is 2.25. The maximum absolute atomic E-state index is 11.4. The van der Waals surface area contributed by atoms with Crippen LogP contribution in [0.15, 0.2) is 18.2 Å². The number of fused-ring (bicyclic) bond motifs is 1. The molecule has 0 bridgehead atoms. The van der Waals surface area contributed by atoms with Crippen LogP contribution in [0.4, 0.5) is 5.69 Å². The summed E-state index contributed by atoms with van der Waals surface area (Å²) in [6.07, 6.45) is 0.411. The van der Waals surface area contributed by atoms with Gasteiger partial charge in [-0.25, -0.2) is 4.79 Å². The number of anilines is 1. The largest absolute Gasteiger partial charge is 0.489 e. The number of benzene rings is 1. The fraction of sp³-hybridized carbons (Fsp3) is 0.385. The van der Waals surface area contributed by atoms with Crippen LogP contribution in [-0.2, 0) is 4.74 Å². The summed E-state index contributed by atoms with van der Waals surface area (Å²) >= 11 is 0. The van der Waals surface area contributed by atoms with Crippen molar-refractivity contribution in [2.75, 3.05) is 25.7 Å². The van der Waals surface area contributed by atoms with E-state index in [1.165, 1.54) is 7.11 Å². The van der Waals surface area contributed by atoms with E-state index in [1.807, 2.05) is 18.0 Å². The average Bonchev–Trinajstić information content (AvgIpc) is 2.41. The number of hydrogen-bond acceptors (Lipinski definition) is 5. The van der Waals surface area contributed by atoms with E-state index in [2.05, 4.69) is 10.8 Å². The molecule has 0 saturated heterocycles. The summed E-state index contributed by atoms with van der Waals surface area (Å²) in [6.45, 7) is 0.446. The van der Waals surface area contributed by atoms with Crippen molar-refractivity contribution in [1.29, 1.82) is 5.26 Å². The molecular weight excluding hydrogens is 232 g/mol. The topological polar surface area (TPSA) is 62.6 Å². The van der Waals surface area contributed by atoms with Gasteiger partial charge in [-0.2, -0.15) is 5.26 Å². The molecule has 0 fully saturated rings. The van der Waals surface area contributed by atoms with Crippen LogP contribution < -0.4 is 9.64 Å². The Morgan fingerprint density at radius 3 is 3.11 bits per heavy atom. The molecule has 1 aromatic rings. The zero-order chi connectivity index (χ0) is 13.1. The molecule has 0 aromatic heterocycles. The minimum Gasteiger partial charge on any atom is -0.489 e. The lowest BCUT2D eigenvalue weighted by Crippen LogP contribution is -2.40. The first kappa shape index (κ1) is 12.2. The van der Waals surface area contributed by atoms with Gasteiger partial charge in [-0.15, -0.1) is 0 Å². The van der Waals surface area contributed by atoms with Crippen LogP contribution in [0.1, 0.15) is 16.8 Å². The number of ether oxygens (including phenoxy) is 2. The summed E-state index contributed by atoms with van der Waals surface area (Å²) in [5, 5.41) is 8.74. The van der Waals surface area contributed by atoms with Crippen LogP contribution in [0, 0.1) is 11.3 Å². The number of rotatable bonds is 2. The van der Waals surface area contributed by atoms with Crippen molar-refractivity contribution in [3.05, 3.63) is 23.8 Å². The number of methoxy groups -OCH3 is 1. The smallest absolute Gasteiger partial charge is 0.337 e. The number of nitriles is 1. The van der Waals surface area contributed by atoms with E-state index in [9.17, 15) is 4.79 Å². The van der Waals surface area contributed by atoms with Crippen molar-refractivity contribution in [1.82, 2.24) is 0 Å². The summed E-state index contributed by atoms with van der Waals surface area (Å²) in [4.78, 5) is 13.4. The first-order chi connectivity index (χ1) is 8.67. The highest BCUT2D eigenvalue weighted by molar-refractivity contribution is 5.90. The van der Waals surface area contributed by atoms with Crippen molar-refractivity contribution in [2.24, 2.45) is 0 Å². The fourth-order valence-corrected chi connectivity index (χ4v) is 1.96. The molecule has 1 atom stereocenters. The first-order valence-corrected chi connectivity index (χ1v) is 5.62. The van der Waals surface area contributed by atoms with Gasteiger partial charge in [0.2, 0.25) is 0 Å². The quantitative estimate of drug-likeness (QED) is 0.741. The molecule has 0 N–H and O–H groups in total. The summed E-state index contributed by atoms with van der Waals surface area (Å²) in [5.74, 6) is 0.262. The van der Waals surface area contributed by atoms with Gasteiger partial charge >= 0.3 is 5.97 Å². The Bertz CT molecular complexity index is 507. The summed E-state index contributed by atoms with van der Waals surface area (Å²) in [7, 11) is 3.26. The van der Waals surface area contributed by atoms with Gasteiger partial charge in [0.15, 0.2) is 0 Å². The second-order valence-electron chi connectivity index (χ2n) is 4.11. The highest BCUT2D eigenvalue weighted by Crippen LogP contribution is 2.34. The molecule has 1 heterocycles. The molecule has 0 amide bonds. The van der Waals surface area contributed by atoms with Gasteiger partial charge in [0.25, 0.3) is 0 Å². The van der Waals surface area contributed by atoms with Crippen LogP contribution in [0.3, 0.4) is 0 Å². The predicted octanol–water partition coefficient (Wildman–Crippen LogP) is 1.58. The SMILES string of the molecule is COC(=O)c1ccc2c(c1)OCC(CC#N)N2C. The van der Waals surface area contributed by atoms with E-state index in [-0.39, 0.29) is 12.0 Å². The molecule has 0 spiro atoms. The van der Waals surface area contributed by atoms with Crippen molar-refractivity contribution < 1.29 is 14.3 Å². The van der Waals surface area contributed by atoms with Gasteiger partial charge in [-0.1, -0.05) is 0 Å². The lowest BCUT2D eigenvalue weighted by molar-refractivity contribution is 0.0600. The summed E-state index contributed by atoms with van der Waals surface area (Å²) in [6, 6.07) is 7.36. The molecule has 0 aliphatic carbocycles. The van der Waals surface area contributed by atoms with E-state index >= 15 is 0 Å². The lowest BCUT2D eigenvalue weighted by Gasteiger charge is -2.34. The number of carbonyl (C=O) groups is 1. The van der Waals surface area contributed by atoms with Crippen molar-refractivity contribution >= 4 is 11.7 Å². The second-order valence-corrected chi connectivity index (χ2v) is 4.11. The normalized spacial score (nSPS) is 17.4. The number of likely N-dealkylation sites (N-methyl/N-ethyl adjacent to an activating group) is 1. The van der Waals surface area contributed by atoms with Crippen LogP contribution in [0.25, 0.3) is 0 Å². The maximum Gasteiger partial charge on any atom is 0.337 e. The predicted molar refractivity (Wildman–Crippen MR) is 65.7 cm³/mol. The van der Waals surface area contributed by atoms with Gasteiger partial charge in [0.1, 0.15) is 12.4 Å². The number of carbonyl (C=O) groups excluding carboxylic acids is 1. The molecule has 0 radical (unpaired) electrons. The maximum atomic E-state index is 11.4. The third-order valence-corrected chi connectivity index (χ3v) is 3.07. The highest BCUT2D eigenvalue weighted by atomic mass is 16.5. The third kappa shape index (κ3) is 2.09. The average molecular weight is 246 g/mol. The van der Waals surface area contributed by atoms with Crippen LogP contribution >= 0.6 is 0 Å². The summed E-state index contributed by atoms with van der Waals surface area (Å²) in [5.41, 5.74) is 1.34. The van der Waals surface area contributed by atoms with Crippen LogP contribution in [-0.4, -0.2) is 32.8 Å². The molecule has 94 valence electrons. The molecule has 1 aliphatic rings. The monoisotopic (exact) mass is 246 g/mol. The fourth-order valence-electron chi connectivity index (χ4n) is 1.96. The zero-order valence-corrected chi connectivity index (χ0v) is 10.3. The summed E-state index contributed by atoms with van der Waals surface area (Å²) < 4.78 is 10.3. The molecule has 1 unspecified atom stereocenters. The number of nitrogens with zero attached hydrogens (tertiary/aromatic N) is 2. The van der Waals surface area contributed by atoms with Gasteiger partial charge < -0.3 is 14.4 Å². The van der Waals surface area contributed by atoms with E-state index < -0.39 is 0 Å². The van der Waals surface area contributed by atoms with Crippen LogP contribution in [0.5, 0.6) is 5.75 Å². The van der Waals surface area contributed by atoms with E-state index in [0.717, 1.165) is 5.69 Å². The first-order valence-electron chi connectivity index (χ1n) is 5.62. The Hall–Kier alpha value is -2.22. The molecule has 5 nitrogen and oxygen atoms in total. The molecule has 0 saturated carbocycles. The van der Waals surface area contributed by atoms with Crippen molar-refractivity contribution in [3.8, 4) is 11.8 Å². The second kappa shape index (κ2) is 4.96. The number of hydrogen-bond donors (Lipinski definition) is 0. The van der Waals surface area contributed by atoms with Crippen LogP contribution in [0.2, 0.25) is 0 Å². The van der Waals surface area contributed by atoms with Gasteiger partial charge in [-0.05, 0) is 18.2 Å². The molecular formula is C13H14N2O3. The van der Waals surface area contributed by atoms with E-state index in [1.54, 1.807) is 12.1 Å². The Labute approximate surface area is 106 Å². The van der Waals surface area contributed by atoms with Crippen molar-refractivity contribution in [2.45, 2.75) is 12.5 Å².